The number of rotatable bonds is 5. The van der Waals surface area contributed by atoms with E-state index in [9.17, 15) is 0 Å². The molecule has 0 bridgehead atoms. The number of hydrogen-bond donors (Lipinski definition) is 0. The quantitative estimate of drug-likeness (QED) is 0.741. The number of ether oxygens (including phenoxy) is 2. The molecule has 2 aliphatic rings. The highest BCUT2D eigenvalue weighted by Crippen LogP contribution is 2.64. The van der Waals surface area contributed by atoms with Crippen molar-refractivity contribution in [1.29, 1.82) is 0 Å². The van der Waals surface area contributed by atoms with E-state index in [4.69, 9.17) is 9.47 Å². The normalized spacial score (nSPS) is 30.5. The number of allylic oxidation sites excluding steroid dienone is 4. The van der Waals surface area contributed by atoms with Crippen molar-refractivity contribution in [3.8, 4) is 0 Å². The fourth-order valence-corrected chi connectivity index (χ4v) is 6.73. The van der Waals surface area contributed by atoms with Gasteiger partial charge in [-0.05, 0) is 17.5 Å². The molecule has 2 unspecified atom stereocenters. The largest absolute Gasteiger partial charge is 0.369 e. The number of benzene rings is 1. The van der Waals surface area contributed by atoms with Crippen molar-refractivity contribution in [3.05, 3.63) is 78.9 Å². The van der Waals surface area contributed by atoms with Crippen molar-refractivity contribution >= 4 is 13.2 Å². The van der Waals surface area contributed by atoms with Gasteiger partial charge in [-0.15, -0.1) is 0 Å². The highest BCUT2D eigenvalue weighted by molar-refractivity contribution is 7.68. The van der Waals surface area contributed by atoms with Crippen LogP contribution >= 0.6 is 7.92 Å². The van der Waals surface area contributed by atoms with Gasteiger partial charge in [-0.3, -0.25) is 0 Å². The third-order valence-electron chi connectivity index (χ3n) is 4.51. The van der Waals surface area contributed by atoms with Gasteiger partial charge in [-0.2, -0.15) is 0 Å². The smallest absolute Gasteiger partial charge is 0.115 e. The van der Waals surface area contributed by atoms with Gasteiger partial charge in [0.15, 0.2) is 0 Å². The first-order chi connectivity index (χ1) is 11.3. The molecule has 0 spiro atoms. The Balaban J connectivity index is 2.15. The molecule has 1 aromatic rings. The van der Waals surface area contributed by atoms with E-state index in [2.05, 4.69) is 78.9 Å². The highest BCUT2D eigenvalue weighted by Gasteiger charge is 2.50. The van der Waals surface area contributed by atoms with Gasteiger partial charge in [0.25, 0.3) is 0 Å². The van der Waals surface area contributed by atoms with Crippen LogP contribution in [0.2, 0.25) is 0 Å². The van der Waals surface area contributed by atoms with E-state index < -0.39 is 7.92 Å². The SMILES string of the molecule is COC1(P(c2ccccc2)C2(OC)C=CC=CC2)C=CC=CC1. The molecule has 3 rings (SSSR count). The summed E-state index contributed by atoms with van der Waals surface area (Å²) >= 11 is 0. The molecule has 2 atom stereocenters. The summed E-state index contributed by atoms with van der Waals surface area (Å²) in [6.45, 7) is 0. The van der Waals surface area contributed by atoms with Crippen molar-refractivity contribution in [1.82, 2.24) is 0 Å². The van der Waals surface area contributed by atoms with Gasteiger partial charge in [0.2, 0.25) is 0 Å². The lowest BCUT2D eigenvalue weighted by Crippen LogP contribution is -2.43. The lowest BCUT2D eigenvalue weighted by molar-refractivity contribution is 0.0760. The molecule has 23 heavy (non-hydrogen) atoms. The zero-order valence-electron chi connectivity index (χ0n) is 13.7. The van der Waals surface area contributed by atoms with Crippen LogP contribution in [0.15, 0.2) is 78.9 Å². The van der Waals surface area contributed by atoms with Gasteiger partial charge >= 0.3 is 0 Å². The minimum atomic E-state index is -0.781. The average molecular weight is 326 g/mol. The minimum Gasteiger partial charge on any atom is -0.369 e. The second-order valence-corrected chi connectivity index (χ2v) is 8.45. The second kappa shape index (κ2) is 6.97. The zero-order valence-corrected chi connectivity index (χ0v) is 14.6. The molecule has 1 aromatic carbocycles. The van der Waals surface area contributed by atoms with E-state index in [1.54, 1.807) is 0 Å². The fraction of sp³-hybridized carbons (Fsp3) is 0.300. The van der Waals surface area contributed by atoms with Gasteiger partial charge in [0, 0.05) is 35.0 Å². The van der Waals surface area contributed by atoms with E-state index in [0.717, 1.165) is 12.8 Å². The Labute approximate surface area is 139 Å². The molecular formula is C20H23O2P. The summed E-state index contributed by atoms with van der Waals surface area (Å²) in [6, 6.07) is 10.7. The zero-order chi connectivity index (χ0) is 16.2. The molecule has 0 heterocycles. The average Bonchev–Trinajstić information content (AvgIpc) is 2.64. The van der Waals surface area contributed by atoms with Crippen LogP contribution < -0.4 is 5.30 Å². The van der Waals surface area contributed by atoms with E-state index >= 15 is 0 Å². The van der Waals surface area contributed by atoms with E-state index in [1.165, 1.54) is 5.30 Å². The predicted molar refractivity (Wildman–Crippen MR) is 98.3 cm³/mol. The molecule has 120 valence electrons. The maximum Gasteiger partial charge on any atom is 0.115 e. The van der Waals surface area contributed by atoms with Crippen molar-refractivity contribution < 1.29 is 9.47 Å². The van der Waals surface area contributed by atoms with Crippen molar-refractivity contribution in [2.75, 3.05) is 14.2 Å². The van der Waals surface area contributed by atoms with Crippen LogP contribution in [0.4, 0.5) is 0 Å². The summed E-state index contributed by atoms with van der Waals surface area (Å²) in [5.41, 5.74) is 0. The fourth-order valence-electron chi connectivity index (χ4n) is 3.33. The van der Waals surface area contributed by atoms with Crippen LogP contribution in [-0.4, -0.2) is 24.9 Å². The molecule has 2 aliphatic carbocycles. The first-order valence-electron chi connectivity index (χ1n) is 7.91. The number of hydrogen-bond acceptors (Lipinski definition) is 2. The molecule has 2 nitrogen and oxygen atoms in total. The van der Waals surface area contributed by atoms with Gasteiger partial charge in [-0.1, -0.05) is 66.8 Å². The highest BCUT2D eigenvalue weighted by atomic mass is 31.1. The summed E-state index contributed by atoms with van der Waals surface area (Å²) in [7, 11) is 2.84. The lowest BCUT2D eigenvalue weighted by Gasteiger charge is -2.48. The third-order valence-corrected chi connectivity index (χ3v) is 7.86. The van der Waals surface area contributed by atoms with E-state index in [-0.39, 0.29) is 10.7 Å². The van der Waals surface area contributed by atoms with Crippen LogP contribution in [0.1, 0.15) is 12.8 Å². The second-order valence-electron chi connectivity index (χ2n) is 5.75. The molecule has 3 heteroatoms. The summed E-state index contributed by atoms with van der Waals surface area (Å²) in [4.78, 5) is 0. The Morgan fingerprint density at radius 2 is 1.30 bits per heavy atom. The van der Waals surface area contributed by atoms with Gasteiger partial charge < -0.3 is 9.47 Å². The van der Waals surface area contributed by atoms with Crippen molar-refractivity contribution in [2.24, 2.45) is 0 Å². The Morgan fingerprint density at radius 3 is 1.70 bits per heavy atom. The maximum absolute atomic E-state index is 6.13. The molecule has 0 fully saturated rings. The van der Waals surface area contributed by atoms with Gasteiger partial charge in [0.05, 0.1) is 0 Å². The number of methoxy groups -OCH3 is 2. The molecule has 0 saturated heterocycles. The van der Waals surface area contributed by atoms with Gasteiger partial charge in [0.1, 0.15) is 10.7 Å². The molecule has 0 aromatic heterocycles. The first kappa shape index (κ1) is 16.4. The summed E-state index contributed by atoms with van der Waals surface area (Å²) in [5.74, 6) is 0. The minimum absolute atomic E-state index is 0.350. The van der Waals surface area contributed by atoms with Crippen LogP contribution in [0.25, 0.3) is 0 Å². The molecule has 0 aliphatic heterocycles. The lowest BCUT2D eigenvalue weighted by atomic mass is 10.1. The Morgan fingerprint density at radius 1 is 0.783 bits per heavy atom. The Kier molecular flexibility index (Phi) is 4.96. The summed E-state index contributed by atoms with van der Waals surface area (Å²) in [6.07, 6.45) is 18.9. The van der Waals surface area contributed by atoms with Gasteiger partial charge in [-0.25, -0.2) is 0 Å². The van der Waals surface area contributed by atoms with Crippen LogP contribution in [0, 0.1) is 0 Å². The molecular weight excluding hydrogens is 303 g/mol. The summed E-state index contributed by atoms with van der Waals surface area (Å²) < 4.78 is 12.3. The molecule has 0 saturated carbocycles. The first-order valence-corrected chi connectivity index (χ1v) is 9.25. The third kappa shape index (κ3) is 2.99. The van der Waals surface area contributed by atoms with E-state index in [0.29, 0.717) is 0 Å². The van der Waals surface area contributed by atoms with E-state index in [1.807, 2.05) is 14.2 Å². The monoisotopic (exact) mass is 326 g/mol. The standard InChI is InChI=1S/C20H23O2P/c1-21-19(14-8-4-9-15-19)23(18-12-6-3-7-13-18)20(22-2)16-10-5-11-17-20/h3-14,16H,15,17H2,1-2H3. The Hall–Kier alpha value is -1.47. The summed E-state index contributed by atoms with van der Waals surface area (Å²) in [5, 5.41) is 0.597. The van der Waals surface area contributed by atoms with Crippen LogP contribution in [0.5, 0.6) is 0 Å². The topological polar surface area (TPSA) is 18.5 Å². The predicted octanol–water partition coefficient (Wildman–Crippen LogP) is 4.51. The van der Waals surface area contributed by atoms with Crippen molar-refractivity contribution in [3.63, 3.8) is 0 Å². The molecule has 0 amide bonds. The molecule has 0 N–H and O–H groups in total. The maximum atomic E-state index is 6.13. The van der Waals surface area contributed by atoms with Crippen LogP contribution in [-0.2, 0) is 9.47 Å². The Bertz CT molecular complexity index is 609. The van der Waals surface area contributed by atoms with Crippen molar-refractivity contribution in [2.45, 2.75) is 23.5 Å². The molecule has 0 radical (unpaired) electrons. The van der Waals surface area contributed by atoms with Crippen LogP contribution in [0.3, 0.4) is 0 Å².